The van der Waals surface area contributed by atoms with E-state index in [2.05, 4.69) is 0 Å². The third kappa shape index (κ3) is 4.03. The van der Waals surface area contributed by atoms with Crippen LogP contribution in [0.1, 0.15) is 19.8 Å². The number of carboxylic acid groups (broad SMARTS) is 1. The van der Waals surface area contributed by atoms with Gasteiger partial charge in [-0.25, -0.2) is 4.79 Å². The van der Waals surface area contributed by atoms with E-state index in [1.807, 2.05) is 0 Å². The van der Waals surface area contributed by atoms with Crippen LogP contribution in [0.4, 0.5) is 0 Å². The number of carboxylic acids is 1. The van der Waals surface area contributed by atoms with E-state index in [0.717, 1.165) is 0 Å². The van der Waals surface area contributed by atoms with Gasteiger partial charge in [-0.05, 0) is 13.3 Å². The van der Waals surface area contributed by atoms with Crippen LogP contribution >= 0.6 is 0 Å². The molecule has 58 valence electrons. The number of hydrogen-bond donors (Lipinski definition) is 2. The number of carbonyl (C=O) groups excluding carboxylic acids is 1. The number of hydrogen-bond acceptors (Lipinski definition) is 3. The van der Waals surface area contributed by atoms with Crippen molar-refractivity contribution in [1.82, 2.24) is 0 Å². The van der Waals surface area contributed by atoms with Crippen molar-refractivity contribution >= 4 is 11.8 Å². The van der Waals surface area contributed by atoms with Gasteiger partial charge >= 0.3 is 5.97 Å². The highest BCUT2D eigenvalue weighted by molar-refractivity contribution is 6.32. The fourth-order valence-electron chi connectivity index (χ4n) is 0.447. The molecule has 10 heavy (non-hydrogen) atoms. The molecule has 0 radical (unpaired) electrons. The number of ketones is 1. The minimum Gasteiger partial charge on any atom is -0.476 e. The van der Waals surface area contributed by atoms with Gasteiger partial charge in [-0.15, -0.1) is 0 Å². The molecule has 0 heterocycles. The number of aliphatic carboxylic acids is 1. The Balaban J connectivity index is 3.50. The van der Waals surface area contributed by atoms with Gasteiger partial charge in [-0.2, -0.15) is 0 Å². The monoisotopic (exact) mass is 146 g/mol. The number of rotatable bonds is 4. The minimum absolute atomic E-state index is 0.0903. The molecule has 2 N–H and O–H groups in total. The Bertz CT molecular complexity index is 139. The van der Waals surface area contributed by atoms with E-state index in [1.54, 1.807) is 0 Å². The van der Waals surface area contributed by atoms with Crippen molar-refractivity contribution in [2.24, 2.45) is 0 Å². The summed E-state index contributed by atoms with van der Waals surface area (Å²) < 4.78 is 0. The van der Waals surface area contributed by atoms with Gasteiger partial charge in [0, 0.05) is 6.42 Å². The number of aliphatic hydroxyl groups is 1. The molecule has 0 fully saturated rings. The molecule has 1 unspecified atom stereocenters. The third-order valence-corrected chi connectivity index (χ3v) is 1.03. The summed E-state index contributed by atoms with van der Waals surface area (Å²) in [4.78, 5) is 20.2. The van der Waals surface area contributed by atoms with E-state index in [1.165, 1.54) is 6.92 Å². The van der Waals surface area contributed by atoms with Crippen LogP contribution in [0.25, 0.3) is 0 Å². The molecule has 0 aromatic carbocycles. The zero-order valence-electron chi connectivity index (χ0n) is 5.70. The molecule has 0 saturated carbocycles. The second-order valence-corrected chi connectivity index (χ2v) is 2.12. The molecule has 0 rings (SSSR count). The van der Waals surface area contributed by atoms with Gasteiger partial charge in [-0.1, -0.05) is 0 Å². The molecule has 4 heteroatoms. The summed E-state index contributed by atoms with van der Waals surface area (Å²) in [6.45, 7) is 1.51. The van der Waals surface area contributed by atoms with Gasteiger partial charge in [0.25, 0.3) is 0 Å². The summed E-state index contributed by atoms with van der Waals surface area (Å²) in [6, 6.07) is 0. The van der Waals surface area contributed by atoms with Gasteiger partial charge in [0.2, 0.25) is 5.78 Å². The first-order valence-electron chi connectivity index (χ1n) is 2.98. The largest absolute Gasteiger partial charge is 0.476 e. The van der Waals surface area contributed by atoms with Crippen molar-refractivity contribution in [3.63, 3.8) is 0 Å². The fraction of sp³-hybridized carbons (Fsp3) is 0.667. The Kier molecular flexibility index (Phi) is 3.64. The SMILES string of the molecule is CC(O)CCC(=O)C(=O)O. The van der Waals surface area contributed by atoms with Crippen LogP contribution < -0.4 is 0 Å². The zero-order chi connectivity index (χ0) is 8.15. The molecule has 0 bridgehead atoms. The Hall–Kier alpha value is -0.900. The highest BCUT2D eigenvalue weighted by Gasteiger charge is 2.11. The predicted molar refractivity (Wildman–Crippen MR) is 33.6 cm³/mol. The Morgan fingerprint density at radius 1 is 1.50 bits per heavy atom. The first-order valence-corrected chi connectivity index (χ1v) is 2.98. The van der Waals surface area contributed by atoms with Crippen molar-refractivity contribution < 1.29 is 19.8 Å². The van der Waals surface area contributed by atoms with Crippen molar-refractivity contribution in [1.29, 1.82) is 0 Å². The lowest BCUT2D eigenvalue weighted by Gasteiger charge is -1.98. The molecule has 0 aliphatic heterocycles. The molecule has 0 aromatic heterocycles. The van der Waals surface area contributed by atoms with Gasteiger partial charge < -0.3 is 10.2 Å². The lowest BCUT2D eigenvalue weighted by Crippen LogP contribution is -2.14. The first kappa shape index (κ1) is 9.10. The number of Topliss-reactive ketones (excluding diaryl/α,β-unsaturated/α-hetero) is 1. The number of aliphatic hydroxyl groups excluding tert-OH is 1. The maximum atomic E-state index is 10.3. The molecular formula is C6H10O4. The van der Waals surface area contributed by atoms with E-state index >= 15 is 0 Å². The first-order chi connectivity index (χ1) is 4.54. The third-order valence-electron chi connectivity index (χ3n) is 1.03. The topological polar surface area (TPSA) is 74.6 Å². The lowest BCUT2D eigenvalue weighted by atomic mass is 10.1. The highest BCUT2D eigenvalue weighted by Crippen LogP contribution is 1.96. The predicted octanol–water partition coefficient (Wildman–Crippen LogP) is -0.199. The van der Waals surface area contributed by atoms with Crippen LogP contribution in [-0.2, 0) is 9.59 Å². The Morgan fingerprint density at radius 3 is 2.30 bits per heavy atom. The average molecular weight is 146 g/mol. The molecule has 4 nitrogen and oxygen atoms in total. The van der Waals surface area contributed by atoms with Crippen LogP contribution in [0.5, 0.6) is 0 Å². The summed E-state index contributed by atoms with van der Waals surface area (Å²) in [5.74, 6) is -2.28. The van der Waals surface area contributed by atoms with E-state index in [0.29, 0.717) is 0 Å². The van der Waals surface area contributed by atoms with Gasteiger partial charge in [0.05, 0.1) is 6.10 Å². The van der Waals surface area contributed by atoms with Crippen LogP contribution in [0.3, 0.4) is 0 Å². The van der Waals surface area contributed by atoms with Crippen LogP contribution in [0.2, 0.25) is 0 Å². The lowest BCUT2D eigenvalue weighted by molar-refractivity contribution is -0.149. The Morgan fingerprint density at radius 2 is 2.00 bits per heavy atom. The average Bonchev–Trinajstić information content (AvgIpc) is 1.82. The molecule has 0 aliphatic carbocycles. The van der Waals surface area contributed by atoms with E-state index in [9.17, 15) is 9.59 Å². The van der Waals surface area contributed by atoms with E-state index in [4.69, 9.17) is 10.2 Å². The van der Waals surface area contributed by atoms with Crippen molar-refractivity contribution in [2.45, 2.75) is 25.9 Å². The molecule has 1 atom stereocenters. The second-order valence-electron chi connectivity index (χ2n) is 2.12. The maximum Gasteiger partial charge on any atom is 0.372 e. The van der Waals surface area contributed by atoms with E-state index in [-0.39, 0.29) is 12.8 Å². The summed E-state index contributed by atoms with van der Waals surface area (Å²) in [7, 11) is 0. The van der Waals surface area contributed by atoms with Gasteiger partial charge in [-0.3, -0.25) is 4.79 Å². The normalized spacial score (nSPS) is 12.6. The number of carbonyl (C=O) groups is 2. The van der Waals surface area contributed by atoms with Crippen molar-refractivity contribution in [2.75, 3.05) is 0 Å². The molecule has 0 saturated heterocycles. The minimum atomic E-state index is -1.43. The summed E-state index contributed by atoms with van der Waals surface area (Å²) in [5.41, 5.74) is 0. The summed E-state index contributed by atoms with van der Waals surface area (Å²) in [6.07, 6.45) is -0.485. The summed E-state index contributed by atoms with van der Waals surface area (Å²) >= 11 is 0. The quantitative estimate of drug-likeness (QED) is 0.538. The molecule has 0 aromatic rings. The molecule has 0 aliphatic rings. The standard InChI is InChI=1S/C6H10O4/c1-4(7)2-3-5(8)6(9)10/h4,7H,2-3H2,1H3,(H,9,10). The zero-order valence-corrected chi connectivity index (χ0v) is 5.70. The second kappa shape index (κ2) is 4.00. The fourth-order valence-corrected chi connectivity index (χ4v) is 0.447. The van der Waals surface area contributed by atoms with Crippen LogP contribution in [0, 0.1) is 0 Å². The van der Waals surface area contributed by atoms with Crippen molar-refractivity contribution in [3.8, 4) is 0 Å². The molecule has 0 spiro atoms. The van der Waals surface area contributed by atoms with Gasteiger partial charge in [0.15, 0.2) is 0 Å². The molecular weight excluding hydrogens is 136 g/mol. The van der Waals surface area contributed by atoms with Crippen LogP contribution in [0.15, 0.2) is 0 Å². The smallest absolute Gasteiger partial charge is 0.372 e. The highest BCUT2D eigenvalue weighted by atomic mass is 16.4. The van der Waals surface area contributed by atoms with Gasteiger partial charge in [0.1, 0.15) is 0 Å². The summed E-state index contributed by atoms with van der Waals surface area (Å²) in [5, 5.41) is 16.7. The maximum absolute atomic E-state index is 10.3. The van der Waals surface area contributed by atoms with Crippen molar-refractivity contribution in [3.05, 3.63) is 0 Å². The molecule has 0 amide bonds. The van der Waals surface area contributed by atoms with E-state index < -0.39 is 17.9 Å². The van der Waals surface area contributed by atoms with Crippen LogP contribution in [-0.4, -0.2) is 28.1 Å². The Labute approximate surface area is 58.5 Å².